The van der Waals surface area contributed by atoms with Crippen LogP contribution in [0.2, 0.25) is 0 Å². The first-order chi connectivity index (χ1) is 20.2. The summed E-state index contributed by atoms with van der Waals surface area (Å²) in [5, 5.41) is 20.3. The highest BCUT2D eigenvalue weighted by Gasteiger charge is 2.67. The lowest BCUT2D eigenvalue weighted by molar-refractivity contribution is -0.140. The second kappa shape index (κ2) is 11.0. The highest BCUT2D eigenvalue weighted by atomic mass is 16.3. The van der Waals surface area contributed by atoms with Crippen molar-refractivity contribution >= 4 is 22.8 Å². The number of fused-ring (bicyclic) bond motifs is 1. The number of nitrogens with one attached hydrogen (secondary N) is 2. The lowest BCUT2D eigenvalue weighted by atomic mass is 9.52. The lowest BCUT2D eigenvalue weighted by Crippen LogP contribution is -2.74. The normalized spacial score (nSPS) is 28.1. The van der Waals surface area contributed by atoms with Crippen LogP contribution in [-0.2, 0) is 11.8 Å². The fourth-order valence-corrected chi connectivity index (χ4v) is 7.98. The van der Waals surface area contributed by atoms with Crippen molar-refractivity contribution in [2.45, 2.75) is 82.0 Å². The number of piperidine rings is 1. The largest absolute Gasteiger partial charge is 0.399 e. The topological polar surface area (TPSA) is 99.6 Å². The first kappa shape index (κ1) is 28.6. The van der Waals surface area contributed by atoms with Crippen LogP contribution < -0.4 is 22.1 Å². The van der Waals surface area contributed by atoms with E-state index in [-0.39, 0.29) is 23.5 Å². The summed E-state index contributed by atoms with van der Waals surface area (Å²) in [6.45, 7) is 13.1. The number of anilines is 3. The van der Waals surface area contributed by atoms with E-state index in [1.165, 1.54) is 35.2 Å². The predicted octanol–water partition coefficient (Wildman–Crippen LogP) is 5.71. The standard InChI is InChI=1S/C30H40N4O.C6H7N/c1-5-24(32-19(3)21-10-12-23(31)13-11-21)28-30-14-15-34(17-20-7-8-20)25(29(30,4)35)16-22-9-6-18(2)27(33-28)26(22)30;7-6-4-2-1-3-5-6/h6,9-13,20,24-25,28,32-33,35H,3,5,7-8,14-17,31H2,1-2,4H3;1-5H,7H2/t24?,25?,28-,29?,30?;/m0./s1. The Morgan fingerprint density at radius 3 is 2.38 bits per heavy atom. The zero-order valence-corrected chi connectivity index (χ0v) is 25.4. The first-order valence-electron chi connectivity index (χ1n) is 15.6. The number of aliphatic hydroxyl groups is 1. The molecule has 42 heavy (non-hydrogen) atoms. The van der Waals surface area contributed by atoms with E-state index in [4.69, 9.17) is 11.5 Å². The molecular weight excluding hydrogens is 518 g/mol. The van der Waals surface area contributed by atoms with E-state index in [1.807, 2.05) is 54.6 Å². The van der Waals surface area contributed by atoms with Crippen LogP contribution in [0, 0.1) is 12.8 Å². The van der Waals surface area contributed by atoms with Gasteiger partial charge < -0.3 is 27.2 Å². The number of nitrogen functional groups attached to an aromatic ring is 2. The Balaban J connectivity index is 0.000000397. The summed E-state index contributed by atoms with van der Waals surface area (Å²) >= 11 is 0. The van der Waals surface area contributed by atoms with Gasteiger partial charge in [-0.15, -0.1) is 0 Å². The van der Waals surface area contributed by atoms with Gasteiger partial charge in [-0.3, -0.25) is 4.90 Å². The molecule has 2 fully saturated rings. The summed E-state index contributed by atoms with van der Waals surface area (Å²) in [5.74, 6) is 0.820. The van der Waals surface area contributed by atoms with Gasteiger partial charge in [0, 0.05) is 41.4 Å². The van der Waals surface area contributed by atoms with Crippen molar-refractivity contribution in [3.8, 4) is 0 Å². The molecule has 2 aliphatic heterocycles. The molecule has 0 aromatic heterocycles. The molecule has 4 unspecified atom stereocenters. The molecule has 6 heteroatoms. The third-order valence-electron chi connectivity index (χ3n) is 10.4. The van der Waals surface area contributed by atoms with E-state index in [2.05, 4.69) is 55.0 Å². The Labute approximate surface area is 251 Å². The van der Waals surface area contributed by atoms with E-state index in [0.717, 1.165) is 60.9 Å². The van der Waals surface area contributed by atoms with Gasteiger partial charge >= 0.3 is 0 Å². The Bertz CT molecular complexity index is 1430. The van der Waals surface area contributed by atoms with Gasteiger partial charge in [-0.05, 0) is 105 Å². The number of aryl methyl sites for hydroxylation is 1. The molecular formula is C36H47N5O. The first-order valence-corrected chi connectivity index (χ1v) is 15.6. The van der Waals surface area contributed by atoms with Gasteiger partial charge in [0.2, 0.25) is 0 Å². The van der Waals surface area contributed by atoms with Crippen LogP contribution in [0.4, 0.5) is 17.1 Å². The maximum absolute atomic E-state index is 12.5. The minimum atomic E-state index is -0.818. The molecule has 0 amide bonds. The molecule has 2 bridgehead atoms. The number of hydrogen-bond donors (Lipinski definition) is 5. The maximum Gasteiger partial charge on any atom is 0.0895 e. The quantitative estimate of drug-likeness (QED) is 0.236. The fraction of sp³-hybridized carbons (Fsp3) is 0.444. The highest BCUT2D eigenvalue weighted by Crippen LogP contribution is 2.60. The molecule has 7 rings (SSSR count). The van der Waals surface area contributed by atoms with Gasteiger partial charge in [-0.2, -0.15) is 0 Å². The number of rotatable bonds is 7. The fourth-order valence-electron chi connectivity index (χ4n) is 7.98. The molecule has 222 valence electrons. The van der Waals surface area contributed by atoms with Gasteiger partial charge in [0.25, 0.3) is 0 Å². The van der Waals surface area contributed by atoms with Crippen LogP contribution in [0.15, 0.2) is 73.3 Å². The molecule has 1 saturated heterocycles. The Morgan fingerprint density at radius 1 is 1.07 bits per heavy atom. The molecule has 1 spiro atoms. The molecule has 7 N–H and O–H groups in total. The van der Waals surface area contributed by atoms with Crippen molar-refractivity contribution in [2.24, 2.45) is 5.92 Å². The number of nitrogens with two attached hydrogens (primary N) is 2. The van der Waals surface area contributed by atoms with Crippen molar-refractivity contribution in [2.75, 3.05) is 29.9 Å². The minimum absolute atomic E-state index is 0.0776. The average molecular weight is 566 g/mol. The molecule has 0 radical (unpaired) electrons. The maximum atomic E-state index is 12.5. The minimum Gasteiger partial charge on any atom is -0.399 e. The molecule has 3 aromatic rings. The summed E-state index contributed by atoms with van der Waals surface area (Å²) < 4.78 is 0. The van der Waals surface area contributed by atoms with E-state index >= 15 is 0 Å². The Morgan fingerprint density at radius 2 is 1.76 bits per heavy atom. The number of para-hydroxylation sites is 1. The van der Waals surface area contributed by atoms with Gasteiger partial charge in [-0.25, -0.2) is 0 Å². The van der Waals surface area contributed by atoms with Crippen molar-refractivity contribution in [1.29, 1.82) is 0 Å². The molecule has 2 aliphatic carbocycles. The van der Waals surface area contributed by atoms with E-state index in [9.17, 15) is 5.11 Å². The van der Waals surface area contributed by atoms with Crippen LogP contribution >= 0.6 is 0 Å². The van der Waals surface area contributed by atoms with Gasteiger partial charge in [0.15, 0.2) is 0 Å². The van der Waals surface area contributed by atoms with Crippen LogP contribution in [0.3, 0.4) is 0 Å². The van der Waals surface area contributed by atoms with Gasteiger partial charge in [-0.1, -0.05) is 56.0 Å². The average Bonchev–Trinajstić information content (AvgIpc) is 3.72. The van der Waals surface area contributed by atoms with Crippen molar-refractivity contribution in [1.82, 2.24) is 10.2 Å². The highest BCUT2D eigenvalue weighted by molar-refractivity contribution is 5.73. The van der Waals surface area contributed by atoms with Crippen LogP contribution in [0.1, 0.15) is 61.8 Å². The van der Waals surface area contributed by atoms with Crippen molar-refractivity contribution < 1.29 is 5.11 Å². The summed E-state index contributed by atoms with van der Waals surface area (Å²) in [5.41, 5.74) is 19.0. The van der Waals surface area contributed by atoms with Crippen LogP contribution in [0.25, 0.3) is 5.70 Å². The number of likely N-dealkylation sites (tertiary alicyclic amines) is 1. The van der Waals surface area contributed by atoms with Crippen LogP contribution in [0.5, 0.6) is 0 Å². The molecule has 2 heterocycles. The van der Waals surface area contributed by atoms with E-state index < -0.39 is 5.60 Å². The second-order valence-electron chi connectivity index (χ2n) is 13.1. The smallest absolute Gasteiger partial charge is 0.0895 e. The third kappa shape index (κ3) is 4.84. The molecule has 6 nitrogen and oxygen atoms in total. The van der Waals surface area contributed by atoms with E-state index in [0.29, 0.717) is 0 Å². The number of benzene rings is 3. The summed E-state index contributed by atoms with van der Waals surface area (Å²) in [4.78, 5) is 2.61. The number of hydrogen-bond acceptors (Lipinski definition) is 6. The third-order valence-corrected chi connectivity index (χ3v) is 10.4. The van der Waals surface area contributed by atoms with Crippen LogP contribution in [-0.4, -0.2) is 46.8 Å². The molecule has 4 aliphatic rings. The van der Waals surface area contributed by atoms with Gasteiger partial charge in [0.1, 0.15) is 0 Å². The molecule has 1 saturated carbocycles. The Kier molecular flexibility index (Phi) is 7.48. The zero-order valence-electron chi connectivity index (χ0n) is 25.4. The van der Waals surface area contributed by atoms with Crippen molar-refractivity contribution in [3.63, 3.8) is 0 Å². The van der Waals surface area contributed by atoms with Gasteiger partial charge in [0.05, 0.1) is 17.1 Å². The Hall–Kier alpha value is -3.48. The summed E-state index contributed by atoms with van der Waals surface area (Å²) in [6.07, 6.45) is 5.52. The zero-order chi connectivity index (χ0) is 29.6. The summed E-state index contributed by atoms with van der Waals surface area (Å²) in [6, 6.07) is 22.3. The lowest BCUT2D eigenvalue weighted by Gasteiger charge is -2.61. The summed E-state index contributed by atoms with van der Waals surface area (Å²) in [7, 11) is 0. The van der Waals surface area contributed by atoms with Crippen molar-refractivity contribution in [3.05, 3.63) is 95.6 Å². The SMILES string of the molecule is C=C(NC(CC)[C@@H]1Nc2c(C)ccc3c2C12CCN(CC1CC1)C(C3)C2(C)O)c1ccc(N)cc1.Nc1ccccc1. The van der Waals surface area contributed by atoms with E-state index in [1.54, 1.807) is 0 Å². The number of nitrogens with zero attached hydrogens (tertiary/aromatic N) is 1. The molecule has 5 atom stereocenters. The predicted molar refractivity (Wildman–Crippen MR) is 175 cm³/mol. The monoisotopic (exact) mass is 565 g/mol. The molecule has 3 aromatic carbocycles. The second-order valence-corrected chi connectivity index (χ2v) is 13.1.